The van der Waals surface area contributed by atoms with Gasteiger partial charge < -0.3 is 14.8 Å². The smallest absolute Gasteiger partial charge is 0.236 e. The van der Waals surface area contributed by atoms with E-state index >= 15 is 0 Å². The van der Waals surface area contributed by atoms with Crippen LogP contribution in [0.15, 0.2) is 46.6 Å². The molecule has 114 valence electrons. The van der Waals surface area contributed by atoms with Crippen LogP contribution < -0.4 is 5.32 Å². The van der Waals surface area contributed by atoms with Gasteiger partial charge in [0.2, 0.25) is 5.91 Å². The average molecular weight is 363 g/mol. The number of halogens is 1. The fourth-order valence-corrected chi connectivity index (χ4v) is 3.14. The zero-order valence-electron chi connectivity index (χ0n) is 11.8. The van der Waals surface area contributed by atoms with Gasteiger partial charge in [-0.15, -0.1) is 0 Å². The van der Waals surface area contributed by atoms with E-state index < -0.39 is 5.41 Å². The van der Waals surface area contributed by atoms with E-state index in [0.29, 0.717) is 12.6 Å². The third kappa shape index (κ3) is 2.41. The summed E-state index contributed by atoms with van der Waals surface area (Å²) in [5.74, 6) is 0.564. The van der Waals surface area contributed by atoms with Gasteiger partial charge in [0, 0.05) is 10.7 Å². The summed E-state index contributed by atoms with van der Waals surface area (Å²) in [5.41, 5.74) is 0.580. The number of nitrogens with one attached hydrogen (secondary N) is 1. The maximum Gasteiger partial charge on any atom is 0.236 e. The van der Waals surface area contributed by atoms with E-state index in [4.69, 9.17) is 9.47 Å². The Morgan fingerprint density at radius 3 is 2.86 bits per heavy atom. The van der Waals surface area contributed by atoms with Crippen molar-refractivity contribution in [3.05, 3.63) is 46.6 Å². The lowest BCUT2D eigenvalue weighted by molar-refractivity contribution is -0.119. The van der Waals surface area contributed by atoms with Gasteiger partial charge in [0.1, 0.15) is 24.8 Å². The van der Waals surface area contributed by atoms with Crippen molar-refractivity contribution in [2.24, 2.45) is 5.41 Å². The number of fused-ring (bicyclic) bond motifs is 1. The van der Waals surface area contributed by atoms with E-state index in [-0.39, 0.29) is 18.1 Å². The number of ether oxygens (including phenoxy) is 2. The van der Waals surface area contributed by atoms with Gasteiger partial charge in [-0.05, 0) is 52.6 Å². The fraction of sp³-hybridized carbons (Fsp3) is 0.375. The quantitative estimate of drug-likeness (QED) is 0.897. The van der Waals surface area contributed by atoms with Crippen LogP contribution in [-0.2, 0) is 14.3 Å². The highest BCUT2D eigenvalue weighted by Crippen LogP contribution is 2.54. The maximum absolute atomic E-state index is 12.7. The largest absolute Gasteiger partial charge is 0.345 e. The van der Waals surface area contributed by atoms with Crippen LogP contribution in [0.1, 0.15) is 12.8 Å². The number of hydrogen-bond acceptors (Lipinski definition) is 4. The lowest BCUT2D eigenvalue weighted by Crippen LogP contribution is -2.29. The molecule has 0 radical (unpaired) electrons. The fourth-order valence-electron chi connectivity index (χ4n) is 2.90. The topological polar surface area (TPSA) is 60.5 Å². The van der Waals surface area contributed by atoms with Gasteiger partial charge in [0.05, 0.1) is 5.41 Å². The number of rotatable bonds is 3. The predicted molar refractivity (Wildman–Crippen MR) is 84.1 cm³/mol. The summed E-state index contributed by atoms with van der Waals surface area (Å²) in [4.78, 5) is 16.9. The molecule has 22 heavy (non-hydrogen) atoms. The molecule has 1 N–H and O–H groups in total. The minimum atomic E-state index is -0.442. The van der Waals surface area contributed by atoms with Crippen LogP contribution in [0.25, 0.3) is 0 Å². The first kappa shape index (κ1) is 14.1. The Labute approximate surface area is 136 Å². The molecule has 4 rings (SSSR count). The number of aromatic nitrogens is 1. The highest BCUT2D eigenvalue weighted by Gasteiger charge is 2.53. The zero-order chi connectivity index (χ0) is 15.2. The first-order chi connectivity index (χ1) is 10.7. The van der Waals surface area contributed by atoms with Crippen molar-refractivity contribution in [3.63, 3.8) is 0 Å². The molecule has 3 aliphatic rings. The standard InChI is InChI=1S/C16H15BrN2O3/c17-11-2-4-14(18-8-11)19-15(20)16(5-6-16)10-1-3-12-13(7-10)22-9-21-12/h1-4,7-8,12-13H,5-6,9H2,(H,18,19,20). The van der Waals surface area contributed by atoms with Crippen molar-refractivity contribution in [1.29, 1.82) is 0 Å². The highest BCUT2D eigenvalue weighted by atomic mass is 79.9. The Bertz CT molecular complexity index is 664. The van der Waals surface area contributed by atoms with Crippen molar-refractivity contribution in [2.45, 2.75) is 25.0 Å². The molecule has 0 aromatic carbocycles. The number of nitrogens with zero attached hydrogens (tertiary/aromatic N) is 1. The Kier molecular flexibility index (Phi) is 3.40. The van der Waals surface area contributed by atoms with E-state index in [1.54, 1.807) is 12.3 Å². The molecule has 1 amide bonds. The monoisotopic (exact) mass is 362 g/mol. The molecule has 1 saturated carbocycles. The van der Waals surface area contributed by atoms with E-state index in [1.165, 1.54) is 0 Å². The van der Waals surface area contributed by atoms with Gasteiger partial charge in [0.15, 0.2) is 0 Å². The molecule has 1 aromatic rings. The second kappa shape index (κ2) is 5.30. The molecule has 2 heterocycles. The van der Waals surface area contributed by atoms with Crippen LogP contribution >= 0.6 is 15.9 Å². The van der Waals surface area contributed by atoms with Crippen LogP contribution in [-0.4, -0.2) is 29.9 Å². The first-order valence-electron chi connectivity index (χ1n) is 7.24. The minimum absolute atomic E-state index is 0.00409. The molecule has 1 saturated heterocycles. The van der Waals surface area contributed by atoms with Crippen LogP contribution in [0, 0.1) is 5.41 Å². The lowest BCUT2D eigenvalue weighted by atomic mass is 9.88. The van der Waals surface area contributed by atoms with Crippen LogP contribution in [0.4, 0.5) is 5.82 Å². The Morgan fingerprint density at radius 1 is 1.32 bits per heavy atom. The number of carbonyl (C=O) groups is 1. The van der Waals surface area contributed by atoms with Gasteiger partial charge in [0.25, 0.3) is 0 Å². The summed E-state index contributed by atoms with van der Waals surface area (Å²) in [7, 11) is 0. The number of amides is 1. The van der Waals surface area contributed by atoms with Crippen molar-refractivity contribution in [3.8, 4) is 0 Å². The Hall–Kier alpha value is -1.50. The van der Waals surface area contributed by atoms with Crippen molar-refractivity contribution in [2.75, 3.05) is 12.1 Å². The Morgan fingerprint density at radius 2 is 2.14 bits per heavy atom. The van der Waals surface area contributed by atoms with E-state index in [1.807, 2.05) is 24.3 Å². The molecular weight excluding hydrogens is 348 g/mol. The number of allylic oxidation sites excluding steroid dienone is 1. The molecule has 6 heteroatoms. The summed E-state index contributed by atoms with van der Waals surface area (Å²) in [6, 6.07) is 3.64. The number of pyridine rings is 1. The molecule has 5 nitrogen and oxygen atoms in total. The predicted octanol–water partition coefficient (Wildman–Crippen LogP) is 2.80. The van der Waals surface area contributed by atoms with Gasteiger partial charge in [-0.1, -0.05) is 12.2 Å². The van der Waals surface area contributed by atoms with E-state index in [2.05, 4.69) is 26.2 Å². The Balaban J connectivity index is 1.52. The molecule has 1 aromatic heterocycles. The highest BCUT2D eigenvalue weighted by molar-refractivity contribution is 9.10. The molecule has 0 bridgehead atoms. The van der Waals surface area contributed by atoms with Crippen LogP contribution in [0.2, 0.25) is 0 Å². The summed E-state index contributed by atoms with van der Waals surface area (Å²) in [6.07, 6.45) is 9.29. The summed E-state index contributed by atoms with van der Waals surface area (Å²) in [6.45, 7) is 0.311. The molecule has 2 aliphatic carbocycles. The molecule has 2 atom stereocenters. The third-order valence-corrected chi connectivity index (χ3v) is 4.83. The van der Waals surface area contributed by atoms with Gasteiger partial charge in [-0.3, -0.25) is 4.79 Å². The minimum Gasteiger partial charge on any atom is -0.345 e. The number of carbonyl (C=O) groups excluding carboxylic acids is 1. The first-order valence-corrected chi connectivity index (χ1v) is 8.03. The van der Waals surface area contributed by atoms with E-state index in [0.717, 1.165) is 22.9 Å². The number of hydrogen-bond donors (Lipinski definition) is 1. The SMILES string of the molecule is O=C(Nc1ccc(Br)cn1)C1(C2=CC3OCOC3C=C2)CC1. The molecule has 1 aliphatic heterocycles. The van der Waals surface area contributed by atoms with Gasteiger partial charge >= 0.3 is 0 Å². The van der Waals surface area contributed by atoms with Gasteiger partial charge in [-0.2, -0.15) is 0 Å². The third-order valence-electron chi connectivity index (χ3n) is 4.36. The van der Waals surface area contributed by atoms with Gasteiger partial charge in [-0.25, -0.2) is 4.98 Å². The van der Waals surface area contributed by atoms with Crippen molar-refractivity contribution in [1.82, 2.24) is 4.98 Å². The second-order valence-electron chi connectivity index (χ2n) is 5.76. The van der Waals surface area contributed by atoms with E-state index in [9.17, 15) is 4.79 Å². The summed E-state index contributed by atoms with van der Waals surface area (Å²) < 4.78 is 11.8. The molecule has 2 fully saturated rings. The van der Waals surface area contributed by atoms with Crippen LogP contribution in [0.5, 0.6) is 0 Å². The molecular formula is C16H15BrN2O3. The lowest BCUT2D eigenvalue weighted by Gasteiger charge is -2.22. The normalized spacial score (nSPS) is 28.0. The van der Waals surface area contributed by atoms with Crippen LogP contribution in [0.3, 0.4) is 0 Å². The second-order valence-corrected chi connectivity index (χ2v) is 6.68. The summed E-state index contributed by atoms with van der Waals surface area (Å²) >= 11 is 3.33. The molecule has 2 unspecified atom stereocenters. The average Bonchev–Trinajstić information content (AvgIpc) is 3.21. The molecule has 0 spiro atoms. The van der Waals surface area contributed by atoms with Crippen molar-refractivity contribution >= 4 is 27.7 Å². The zero-order valence-corrected chi connectivity index (χ0v) is 13.4. The summed E-state index contributed by atoms with van der Waals surface area (Å²) in [5, 5.41) is 2.91. The maximum atomic E-state index is 12.7. The number of anilines is 1. The van der Waals surface area contributed by atoms with Crippen molar-refractivity contribution < 1.29 is 14.3 Å².